The number of nitrogens with one attached hydrogen (secondary N) is 1. The molecule has 0 saturated carbocycles. The number of hydrogen-bond donors (Lipinski definition) is 1. The molecule has 3 amide bonds. The van der Waals surface area contributed by atoms with Gasteiger partial charge in [-0.25, -0.2) is 4.79 Å². The molecule has 0 atom stereocenters. The van der Waals surface area contributed by atoms with Crippen LogP contribution in [0, 0.1) is 0 Å². The summed E-state index contributed by atoms with van der Waals surface area (Å²) in [5.74, 6) is -1.20. The Morgan fingerprint density at radius 3 is 2.58 bits per heavy atom. The molecule has 0 bridgehead atoms. The SMILES string of the molecule is CSc1ccc(C(=O)OCC(=O)NCCN2C(=O)CSC2=O)cc1. The third-order valence-corrected chi connectivity index (χ3v) is 4.76. The molecule has 1 aliphatic heterocycles. The van der Waals surface area contributed by atoms with Gasteiger partial charge in [-0.1, -0.05) is 11.8 Å². The molecular formula is C15H16N2O5S2. The molecule has 1 aromatic rings. The summed E-state index contributed by atoms with van der Waals surface area (Å²) in [6.45, 7) is -0.183. The quantitative estimate of drug-likeness (QED) is 0.574. The molecule has 1 heterocycles. The second-order valence-corrected chi connectivity index (χ2v) is 6.56. The fourth-order valence-corrected chi connectivity index (χ4v) is 3.06. The van der Waals surface area contributed by atoms with E-state index >= 15 is 0 Å². The van der Waals surface area contributed by atoms with Gasteiger partial charge in [-0.05, 0) is 30.5 Å². The number of rotatable bonds is 7. The predicted octanol–water partition coefficient (Wildman–Crippen LogP) is 1.38. The molecule has 0 spiro atoms. The number of benzene rings is 1. The average molecular weight is 368 g/mol. The van der Waals surface area contributed by atoms with Crippen LogP contribution in [-0.4, -0.2) is 59.6 Å². The molecule has 0 aliphatic carbocycles. The lowest BCUT2D eigenvalue weighted by Crippen LogP contribution is -2.38. The number of carbonyl (C=O) groups is 4. The van der Waals surface area contributed by atoms with E-state index < -0.39 is 18.5 Å². The third-order valence-electron chi connectivity index (χ3n) is 3.16. The molecule has 1 aromatic carbocycles. The fraction of sp³-hybridized carbons (Fsp3) is 0.333. The van der Waals surface area contributed by atoms with E-state index in [1.54, 1.807) is 36.0 Å². The zero-order valence-corrected chi connectivity index (χ0v) is 14.6. The van der Waals surface area contributed by atoms with Crippen molar-refractivity contribution < 1.29 is 23.9 Å². The van der Waals surface area contributed by atoms with Crippen molar-refractivity contribution in [2.45, 2.75) is 4.90 Å². The number of ether oxygens (including phenoxy) is 1. The monoisotopic (exact) mass is 368 g/mol. The Bertz CT molecular complexity index is 632. The molecule has 1 fully saturated rings. The molecule has 24 heavy (non-hydrogen) atoms. The van der Waals surface area contributed by atoms with E-state index in [-0.39, 0.29) is 30.0 Å². The van der Waals surface area contributed by atoms with E-state index in [2.05, 4.69) is 5.32 Å². The van der Waals surface area contributed by atoms with Crippen LogP contribution < -0.4 is 5.32 Å². The smallest absolute Gasteiger partial charge is 0.338 e. The summed E-state index contributed by atoms with van der Waals surface area (Å²) in [5.41, 5.74) is 0.367. The van der Waals surface area contributed by atoms with Crippen LogP contribution in [0.1, 0.15) is 10.4 Å². The molecule has 1 N–H and O–H groups in total. The maximum absolute atomic E-state index is 11.8. The Morgan fingerprint density at radius 1 is 1.29 bits per heavy atom. The molecule has 0 aromatic heterocycles. The highest BCUT2D eigenvalue weighted by atomic mass is 32.2. The molecule has 0 radical (unpaired) electrons. The standard InChI is InChI=1S/C15H16N2O5S2/c1-23-11-4-2-10(3-5-11)14(20)22-8-12(18)16-6-7-17-13(19)9-24-15(17)21/h2-5H,6-9H2,1H3,(H,16,18). The molecule has 1 aliphatic rings. The Balaban J connectivity index is 1.69. The summed E-state index contributed by atoms with van der Waals surface area (Å²) in [6.07, 6.45) is 1.93. The Kier molecular flexibility index (Phi) is 6.68. The normalized spacial score (nSPS) is 14.0. The van der Waals surface area contributed by atoms with E-state index in [0.717, 1.165) is 21.6 Å². The topological polar surface area (TPSA) is 92.8 Å². The predicted molar refractivity (Wildman–Crippen MR) is 91.1 cm³/mol. The van der Waals surface area contributed by atoms with Gasteiger partial charge < -0.3 is 10.1 Å². The number of carbonyl (C=O) groups excluding carboxylic acids is 4. The summed E-state index contributed by atoms with van der Waals surface area (Å²) < 4.78 is 4.92. The number of imide groups is 1. The fourth-order valence-electron chi connectivity index (χ4n) is 1.90. The van der Waals surface area contributed by atoms with Crippen molar-refractivity contribution in [2.24, 2.45) is 0 Å². The van der Waals surface area contributed by atoms with Gasteiger partial charge in [-0.2, -0.15) is 0 Å². The Hall–Kier alpha value is -2.00. The van der Waals surface area contributed by atoms with Gasteiger partial charge in [-0.15, -0.1) is 11.8 Å². The van der Waals surface area contributed by atoms with Gasteiger partial charge in [0.15, 0.2) is 6.61 Å². The van der Waals surface area contributed by atoms with Crippen LogP contribution >= 0.6 is 23.5 Å². The van der Waals surface area contributed by atoms with Gasteiger partial charge in [0.25, 0.3) is 11.1 Å². The Labute approximate surface area is 147 Å². The maximum Gasteiger partial charge on any atom is 0.338 e. The van der Waals surface area contributed by atoms with Crippen LogP contribution in [0.5, 0.6) is 0 Å². The van der Waals surface area contributed by atoms with Crippen molar-refractivity contribution in [3.05, 3.63) is 29.8 Å². The van der Waals surface area contributed by atoms with Crippen LogP contribution in [-0.2, 0) is 14.3 Å². The van der Waals surface area contributed by atoms with Gasteiger partial charge >= 0.3 is 5.97 Å². The van der Waals surface area contributed by atoms with E-state index in [9.17, 15) is 19.2 Å². The van der Waals surface area contributed by atoms with Crippen molar-refractivity contribution in [2.75, 3.05) is 31.7 Å². The van der Waals surface area contributed by atoms with Crippen molar-refractivity contribution >= 4 is 46.5 Å². The van der Waals surface area contributed by atoms with Crippen LogP contribution in [0.4, 0.5) is 4.79 Å². The highest BCUT2D eigenvalue weighted by molar-refractivity contribution is 8.14. The Morgan fingerprint density at radius 2 is 2.00 bits per heavy atom. The van der Waals surface area contributed by atoms with E-state index in [4.69, 9.17) is 4.74 Å². The number of amides is 3. The molecule has 7 nitrogen and oxygen atoms in total. The highest BCUT2D eigenvalue weighted by Crippen LogP contribution is 2.17. The lowest BCUT2D eigenvalue weighted by Gasteiger charge is -2.13. The first kappa shape index (κ1) is 18.3. The van der Waals surface area contributed by atoms with Crippen LogP contribution in [0.15, 0.2) is 29.2 Å². The van der Waals surface area contributed by atoms with E-state index in [1.807, 2.05) is 6.26 Å². The first-order chi connectivity index (χ1) is 11.5. The van der Waals surface area contributed by atoms with Crippen LogP contribution in [0.2, 0.25) is 0 Å². The first-order valence-electron chi connectivity index (χ1n) is 7.06. The number of hydrogen-bond acceptors (Lipinski definition) is 7. The van der Waals surface area contributed by atoms with Gasteiger partial charge in [-0.3, -0.25) is 19.3 Å². The van der Waals surface area contributed by atoms with Gasteiger partial charge in [0.05, 0.1) is 11.3 Å². The minimum Gasteiger partial charge on any atom is -0.452 e. The molecule has 1 saturated heterocycles. The van der Waals surface area contributed by atoms with Crippen LogP contribution in [0.3, 0.4) is 0 Å². The number of esters is 1. The largest absolute Gasteiger partial charge is 0.452 e. The van der Waals surface area contributed by atoms with Gasteiger partial charge in [0.1, 0.15) is 0 Å². The summed E-state index contributed by atoms with van der Waals surface area (Å²) >= 11 is 2.50. The minimum atomic E-state index is -0.584. The van der Waals surface area contributed by atoms with Crippen molar-refractivity contribution in [3.8, 4) is 0 Å². The first-order valence-corrected chi connectivity index (χ1v) is 9.27. The van der Waals surface area contributed by atoms with Crippen LogP contribution in [0.25, 0.3) is 0 Å². The van der Waals surface area contributed by atoms with Crippen molar-refractivity contribution in [1.29, 1.82) is 0 Å². The van der Waals surface area contributed by atoms with Gasteiger partial charge in [0, 0.05) is 18.0 Å². The summed E-state index contributed by atoms with van der Waals surface area (Å²) in [7, 11) is 0. The zero-order chi connectivity index (χ0) is 17.5. The zero-order valence-electron chi connectivity index (χ0n) is 12.9. The summed E-state index contributed by atoms with van der Waals surface area (Å²) in [5, 5.41) is 2.19. The molecular weight excluding hydrogens is 352 g/mol. The molecule has 9 heteroatoms. The average Bonchev–Trinajstić information content (AvgIpc) is 2.91. The molecule has 128 valence electrons. The van der Waals surface area contributed by atoms with Crippen molar-refractivity contribution in [3.63, 3.8) is 0 Å². The maximum atomic E-state index is 11.8. The number of nitrogens with zero attached hydrogens (tertiary/aromatic N) is 1. The number of thioether (sulfide) groups is 2. The van der Waals surface area contributed by atoms with E-state index in [0.29, 0.717) is 5.56 Å². The molecule has 2 rings (SSSR count). The van der Waals surface area contributed by atoms with E-state index in [1.165, 1.54) is 0 Å². The molecule has 0 unspecified atom stereocenters. The third kappa shape index (κ3) is 5.00. The lowest BCUT2D eigenvalue weighted by atomic mass is 10.2. The minimum absolute atomic E-state index is 0.112. The highest BCUT2D eigenvalue weighted by Gasteiger charge is 2.29. The summed E-state index contributed by atoms with van der Waals surface area (Å²) in [4.78, 5) is 48.3. The van der Waals surface area contributed by atoms with Gasteiger partial charge in [0.2, 0.25) is 5.91 Å². The second-order valence-electron chi connectivity index (χ2n) is 4.75. The summed E-state index contributed by atoms with van der Waals surface area (Å²) in [6, 6.07) is 6.86. The van der Waals surface area contributed by atoms with Crippen molar-refractivity contribution in [1.82, 2.24) is 10.2 Å². The second kappa shape index (κ2) is 8.74. The lowest BCUT2D eigenvalue weighted by molar-refractivity contribution is -0.126.